The summed E-state index contributed by atoms with van der Waals surface area (Å²) < 4.78 is 28.3. The Hall–Kier alpha value is -0.950. The molecule has 0 heterocycles. The molecule has 0 radical (unpaired) electrons. The summed E-state index contributed by atoms with van der Waals surface area (Å²) in [6.07, 6.45) is 0. The molecule has 0 unspecified atom stereocenters. The predicted molar refractivity (Wildman–Crippen MR) is 61.9 cm³/mol. The number of aliphatic hydroxyl groups excluding tert-OH is 2. The quantitative estimate of drug-likeness (QED) is 0.723. The van der Waals surface area contributed by atoms with Gasteiger partial charge < -0.3 is 10.2 Å². The van der Waals surface area contributed by atoms with E-state index < -0.39 is 15.5 Å². The van der Waals surface area contributed by atoms with Crippen LogP contribution in [0.4, 0.5) is 0 Å². The molecule has 1 aromatic carbocycles. The lowest BCUT2D eigenvalue weighted by Gasteiger charge is -2.23. The van der Waals surface area contributed by atoms with E-state index in [-0.39, 0.29) is 24.7 Å². The van der Waals surface area contributed by atoms with Crippen LogP contribution in [-0.2, 0) is 14.3 Å². The summed E-state index contributed by atoms with van der Waals surface area (Å²) in [5, 5.41) is 18.0. The van der Waals surface area contributed by atoms with Crippen molar-refractivity contribution in [3.63, 3.8) is 0 Å². The maximum atomic E-state index is 11.7. The zero-order valence-electron chi connectivity index (χ0n) is 9.54. The summed E-state index contributed by atoms with van der Waals surface area (Å²) in [6, 6.07) is 7.72. The Morgan fingerprint density at radius 3 is 2.18 bits per heavy atom. The van der Waals surface area contributed by atoms with Gasteiger partial charge in [-0.05, 0) is 12.1 Å². The molecule has 0 atom stereocenters. The van der Waals surface area contributed by atoms with Gasteiger partial charge in [-0.1, -0.05) is 25.1 Å². The SMILES string of the molecule is CC(CO)(CO)COS(=O)(=O)c1ccccc1. The molecule has 0 saturated heterocycles. The van der Waals surface area contributed by atoms with E-state index in [4.69, 9.17) is 14.4 Å². The smallest absolute Gasteiger partial charge is 0.296 e. The van der Waals surface area contributed by atoms with Crippen LogP contribution in [-0.4, -0.2) is 38.5 Å². The Balaban J connectivity index is 2.76. The molecule has 0 amide bonds. The Morgan fingerprint density at radius 1 is 1.18 bits per heavy atom. The average molecular weight is 260 g/mol. The monoisotopic (exact) mass is 260 g/mol. The maximum Gasteiger partial charge on any atom is 0.296 e. The van der Waals surface area contributed by atoms with Gasteiger partial charge in [-0.3, -0.25) is 4.18 Å². The van der Waals surface area contributed by atoms with Crippen molar-refractivity contribution in [2.24, 2.45) is 5.41 Å². The van der Waals surface area contributed by atoms with Crippen LogP contribution < -0.4 is 0 Å². The molecule has 0 bridgehead atoms. The van der Waals surface area contributed by atoms with Gasteiger partial charge in [0.15, 0.2) is 0 Å². The molecule has 0 aliphatic heterocycles. The lowest BCUT2D eigenvalue weighted by atomic mass is 9.95. The first-order chi connectivity index (χ1) is 7.93. The van der Waals surface area contributed by atoms with Gasteiger partial charge in [0.05, 0.1) is 24.7 Å². The van der Waals surface area contributed by atoms with Crippen molar-refractivity contribution < 1.29 is 22.8 Å². The van der Waals surface area contributed by atoms with Crippen molar-refractivity contribution in [2.75, 3.05) is 19.8 Å². The molecule has 0 saturated carbocycles. The molecule has 0 fully saturated rings. The van der Waals surface area contributed by atoms with Gasteiger partial charge in [0.1, 0.15) is 0 Å². The van der Waals surface area contributed by atoms with E-state index in [9.17, 15) is 8.42 Å². The van der Waals surface area contributed by atoms with Crippen LogP contribution in [0.1, 0.15) is 6.92 Å². The van der Waals surface area contributed by atoms with Gasteiger partial charge in [0.25, 0.3) is 10.1 Å². The van der Waals surface area contributed by atoms with Crippen molar-refractivity contribution in [3.8, 4) is 0 Å². The van der Waals surface area contributed by atoms with E-state index in [1.54, 1.807) is 18.2 Å². The van der Waals surface area contributed by atoms with Gasteiger partial charge in [0.2, 0.25) is 0 Å². The summed E-state index contributed by atoms with van der Waals surface area (Å²) in [5.74, 6) is 0. The lowest BCUT2D eigenvalue weighted by Crippen LogP contribution is -2.32. The highest BCUT2D eigenvalue weighted by Gasteiger charge is 2.26. The molecule has 0 spiro atoms. The minimum absolute atomic E-state index is 0.0539. The van der Waals surface area contributed by atoms with Crippen LogP contribution in [0.5, 0.6) is 0 Å². The van der Waals surface area contributed by atoms with E-state index in [2.05, 4.69) is 0 Å². The van der Waals surface area contributed by atoms with Crippen LogP contribution in [0.15, 0.2) is 35.2 Å². The van der Waals surface area contributed by atoms with Gasteiger partial charge in [-0.25, -0.2) is 0 Å². The fourth-order valence-electron chi connectivity index (χ4n) is 1.02. The van der Waals surface area contributed by atoms with E-state index in [1.807, 2.05) is 0 Å². The summed E-state index contributed by atoms with van der Waals surface area (Å²) in [7, 11) is -3.84. The topological polar surface area (TPSA) is 83.8 Å². The normalized spacial score (nSPS) is 12.6. The summed E-state index contributed by atoms with van der Waals surface area (Å²) >= 11 is 0. The number of benzene rings is 1. The zero-order chi connectivity index (χ0) is 12.9. The second-order valence-corrected chi connectivity index (χ2v) is 5.77. The third kappa shape index (κ3) is 3.78. The molecule has 5 nitrogen and oxygen atoms in total. The second-order valence-electron chi connectivity index (χ2n) is 4.16. The predicted octanol–water partition coefficient (Wildman–Crippen LogP) is 0.383. The fourth-order valence-corrected chi connectivity index (χ4v) is 2.08. The minimum Gasteiger partial charge on any atom is -0.396 e. The number of aliphatic hydroxyl groups is 2. The van der Waals surface area contributed by atoms with Crippen molar-refractivity contribution in [1.82, 2.24) is 0 Å². The molecule has 0 aliphatic carbocycles. The fraction of sp³-hybridized carbons (Fsp3) is 0.455. The number of rotatable bonds is 6. The molecule has 2 N–H and O–H groups in total. The zero-order valence-corrected chi connectivity index (χ0v) is 10.4. The average Bonchev–Trinajstić information content (AvgIpc) is 2.37. The first-order valence-corrected chi connectivity index (χ1v) is 6.50. The van der Waals surface area contributed by atoms with Crippen molar-refractivity contribution in [3.05, 3.63) is 30.3 Å². The molecular weight excluding hydrogens is 244 g/mol. The molecule has 96 valence electrons. The highest BCUT2D eigenvalue weighted by molar-refractivity contribution is 7.86. The molecule has 0 aliphatic rings. The van der Waals surface area contributed by atoms with Crippen LogP contribution in [0, 0.1) is 5.41 Å². The van der Waals surface area contributed by atoms with Crippen LogP contribution in [0.3, 0.4) is 0 Å². The lowest BCUT2D eigenvalue weighted by molar-refractivity contribution is 0.0309. The Morgan fingerprint density at radius 2 is 1.71 bits per heavy atom. The summed E-state index contributed by atoms with van der Waals surface area (Å²) in [6.45, 7) is 0.562. The second kappa shape index (κ2) is 5.59. The first kappa shape index (κ1) is 14.1. The van der Waals surface area contributed by atoms with Crippen LogP contribution in [0.2, 0.25) is 0 Å². The maximum absolute atomic E-state index is 11.7. The molecule has 6 heteroatoms. The largest absolute Gasteiger partial charge is 0.396 e. The van der Waals surface area contributed by atoms with Crippen molar-refractivity contribution in [2.45, 2.75) is 11.8 Å². The highest BCUT2D eigenvalue weighted by Crippen LogP contribution is 2.19. The third-order valence-corrected chi connectivity index (χ3v) is 3.64. The number of hydrogen-bond donors (Lipinski definition) is 2. The van der Waals surface area contributed by atoms with E-state index in [0.29, 0.717) is 0 Å². The van der Waals surface area contributed by atoms with E-state index in [0.717, 1.165) is 0 Å². The van der Waals surface area contributed by atoms with Gasteiger partial charge in [-0.15, -0.1) is 0 Å². The minimum atomic E-state index is -3.84. The summed E-state index contributed by atoms with van der Waals surface area (Å²) in [5.41, 5.74) is -0.970. The van der Waals surface area contributed by atoms with Gasteiger partial charge in [-0.2, -0.15) is 8.42 Å². The van der Waals surface area contributed by atoms with E-state index in [1.165, 1.54) is 19.1 Å². The van der Waals surface area contributed by atoms with Gasteiger partial charge in [0, 0.05) is 5.41 Å². The third-order valence-electron chi connectivity index (χ3n) is 2.36. The first-order valence-electron chi connectivity index (χ1n) is 5.10. The van der Waals surface area contributed by atoms with E-state index >= 15 is 0 Å². The summed E-state index contributed by atoms with van der Waals surface area (Å²) in [4.78, 5) is 0.0539. The molecule has 1 rings (SSSR count). The number of hydrogen-bond acceptors (Lipinski definition) is 5. The Labute approximate surface area is 101 Å². The highest BCUT2D eigenvalue weighted by atomic mass is 32.2. The molecular formula is C11H16O5S. The van der Waals surface area contributed by atoms with Crippen LogP contribution >= 0.6 is 0 Å². The molecule has 17 heavy (non-hydrogen) atoms. The molecule has 0 aromatic heterocycles. The molecule has 1 aromatic rings. The van der Waals surface area contributed by atoms with Crippen LogP contribution in [0.25, 0.3) is 0 Å². The Kier molecular flexibility index (Phi) is 4.64. The standard InChI is InChI=1S/C11H16O5S/c1-11(7-12,8-13)9-16-17(14,15)10-5-3-2-4-6-10/h2-6,12-13H,7-9H2,1H3. The Bertz CT molecular complexity index is 436. The van der Waals surface area contributed by atoms with Gasteiger partial charge >= 0.3 is 0 Å². The van der Waals surface area contributed by atoms with Crippen molar-refractivity contribution >= 4 is 10.1 Å². The van der Waals surface area contributed by atoms with Crippen molar-refractivity contribution in [1.29, 1.82) is 0 Å².